The molecule has 1 aromatic carbocycles. The normalized spacial score (nSPS) is 14.5. The largest absolute Gasteiger partial charge is 0.414 e. The van der Waals surface area contributed by atoms with Crippen molar-refractivity contribution in [3.05, 3.63) is 42.5 Å². The molecule has 0 aliphatic heterocycles. The van der Waals surface area contributed by atoms with Crippen molar-refractivity contribution in [2.75, 3.05) is 12.3 Å². The zero-order chi connectivity index (χ0) is 25.5. The summed E-state index contributed by atoms with van der Waals surface area (Å²) in [6, 6.07) is 8.39. The minimum Gasteiger partial charge on any atom is -0.414 e. The Balaban J connectivity index is 1.92. The Hall–Kier alpha value is -2.08. The van der Waals surface area contributed by atoms with Crippen LogP contribution in [0.4, 0.5) is 5.82 Å². The maximum atomic E-state index is 6.89. The highest BCUT2D eigenvalue weighted by Gasteiger charge is 2.41. The van der Waals surface area contributed by atoms with Crippen molar-refractivity contribution >= 4 is 33.6 Å². The van der Waals surface area contributed by atoms with Crippen LogP contribution in [0.1, 0.15) is 53.2 Å². The number of rotatable bonds is 7. The van der Waals surface area contributed by atoms with E-state index in [2.05, 4.69) is 107 Å². The van der Waals surface area contributed by atoms with E-state index in [1.807, 2.05) is 4.57 Å². The van der Waals surface area contributed by atoms with Gasteiger partial charge >= 0.3 is 0 Å². The standard InChI is InChI=1S/C25H41N5O2Si2/c1-24(2,3)33(7,8)31-15-20(32-34(9,10)25(4,5)6)18-11-13-19(14-12-18)30-17-29-21-22(26)27-16-28-23(21)30/h11-14,16-17,20H,15H2,1-10H3,(H2,26,27,28)/t20-/m1/s1. The number of benzene rings is 1. The average Bonchev–Trinajstić information content (AvgIpc) is 3.15. The molecule has 2 aromatic heterocycles. The summed E-state index contributed by atoms with van der Waals surface area (Å²) in [4.78, 5) is 12.8. The lowest BCUT2D eigenvalue weighted by Gasteiger charge is -2.41. The van der Waals surface area contributed by atoms with E-state index in [0.29, 0.717) is 23.6 Å². The van der Waals surface area contributed by atoms with Crippen molar-refractivity contribution < 1.29 is 8.85 Å². The summed E-state index contributed by atoms with van der Waals surface area (Å²) in [5.41, 5.74) is 9.32. The van der Waals surface area contributed by atoms with E-state index in [0.717, 1.165) is 11.3 Å². The fraction of sp³-hybridized carbons (Fsp3) is 0.560. The molecule has 2 heterocycles. The van der Waals surface area contributed by atoms with Gasteiger partial charge < -0.3 is 14.6 Å². The summed E-state index contributed by atoms with van der Waals surface area (Å²) in [5, 5.41) is 0.252. The second-order valence-corrected chi connectivity index (χ2v) is 21.6. The summed E-state index contributed by atoms with van der Waals surface area (Å²) in [5.74, 6) is 0.381. The van der Waals surface area contributed by atoms with Crippen LogP contribution in [-0.4, -0.2) is 42.8 Å². The molecule has 0 aliphatic carbocycles. The smallest absolute Gasteiger partial charge is 0.193 e. The van der Waals surface area contributed by atoms with Crippen molar-refractivity contribution in [1.82, 2.24) is 19.5 Å². The fourth-order valence-electron chi connectivity index (χ4n) is 3.12. The summed E-state index contributed by atoms with van der Waals surface area (Å²) >= 11 is 0. The Labute approximate surface area is 206 Å². The van der Waals surface area contributed by atoms with Crippen molar-refractivity contribution in [2.24, 2.45) is 0 Å². The van der Waals surface area contributed by atoms with Gasteiger partial charge in [-0.2, -0.15) is 0 Å². The van der Waals surface area contributed by atoms with Crippen LogP contribution >= 0.6 is 0 Å². The molecule has 0 bridgehead atoms. The third-order valence-electron chi connectivity index (χ3n) is 7.55. The quantitative estimate of drug-likeness (QED) is 0.374. The zero-order valence-corrected chi connectivity index (χ0v) is 24.4. The van der Waals surface area contributed by atoms with Gasteiger partial charge in [-0.15, -0.1) is 0 Å². The highest BCUT2D eigenvalue weighted by Crippen LogP contribution is 2.41. The van der Waals surface area contributed by atoms with Gasteiger partial charge in [0.05, 0.1) is 12.7 Å². The minimum atomic E-state index is -2.01. The van der Waals surface area contributed by atoms with Gasteiger partial charge in [0.1, 0.15) is 12.7 Å². The van der Waals surface area contributed by atoms with Crippen molar-refractivity contribution in [2.45, 2.75) is 83.9 Å². The number of nitrogens with two attached hydrogens (primary N) is 1. The first-order valence-electron chi connectivity index (χ1n) is 11.9. The Morgan fingerprint density at radius 2 is 1.47 bits per heavy atom. The first kappa shape index (κ1) is 26.5. The summed E-state index contributed by atoms with van der Waals surface area (Å²) < 4.78 is 15.4. The molecule has 0 spiro atoms. The molecule has 7 nitrogen and oxygen atoms in total. The first-order valence-corrected chi connectivity index (χ1v) is 17.7. The van der Waals surface area contributed by atoms with Gasteiger partial charge in [0.2, 0.25) is 0 Å². The van der Waals surface area contributed by atoms with E-state index in [9.17, 15) is 0 Å². The predicted octanol–water partition coefficient (Wildman–Crippen LogP) is 6.48. The molecule has 186 valence electrons. The number of imidazole rings is 1. The van der Waals surface area contributed by atoms with Crippen molar-refractivity contribution in [3.63, 3.8) is 0 Å². The highest BCUT2D eigenvalue weighted by atomic mass is 28.4. The predicted molar refractivity (Wildman–Crippen MR) is 145 cm³/mol. The SMILES string of the molecule is CC(C)(C)[Si](C)(C)OC[C@@H](O[Si](C)(C)C(C)(C)C)c1ccc(-n2cnc3c(N)ncnc32)cc1. The van der Waals surface area contributed by atoms with E-state index >= 15 is 0 Å². The second-order valence-electron chi connectivity index (χ2n) is 12.1. The van der Waals surface area contributed by atoms with Gasteiger partial charge in [0.25, 0.3) is 0 Å². The van der Waals surface area contributed by atoms with Gasteiger partial charge in [-0.25, -0.2) is 15.0 Å². The van der Waals surface area contributed by atoms with Gasteiger partial charge in [-0.3, -0.25) is 4.57 Å². The number of hydrogen-bond donors (Lipinski definition) is 1. The molecule has 3 aromatic rings. The van der Waals surface area contributed by atoms with Crippen LogP contribution in [0, 0.1) is 0 Å². The van der Waals surface area contributed by atoms with Gasteiger partial charge in [0, 0.05) is 5.69 Å². The molecule has 0 unspecified atom stereocenters. The third-order valence-corrected chi connectivity index (χ3v) is 16.5. The monoisotopic (exact) mass is 499 g/mol. The van der Waals surface area contributed by atoms with Gasteiger partial charge in [-0.1, -0.05) is 53.7 Å². The first-order chi connectivity index (χ1) is 15.5. The number of hydrogen-bond acceptors (Lipinski definition) is 6. The molecule has 2 N–H and O–H groups in total. The van der Waals surface area contributed by atoms with E-state index < -0.39 is 16.6 Å². The molecule has 0 amide bonds. The van der Waals surface area contributed by atoms with E-state index in [-0.39, 0.29) is 16.2 Å². The molecule has 34 heavy (non-hydrogen) atoms. The lowest BCUT2D eigenvalue weighted by atomic mass is 10.1. The number of nitrogens with zero attached hydrogens (tertiary/aromatic N) is 4. The number of fused-ring (bicyclic) bond motifs is 1. The lowest BCUT2D eigenvalue weighted by Crippen LogP contribution is -2.45. The molecule has 0 aliphatic rings. The topological polar surface area (TPSA) is 88.1 Å². The molecule has 9 heteroatoms. The van der Waals surface area contributed by atoms with Crippen LogP contribution in [-0.2, 0) is 8.85 Å². The number of anilines is 1. The van der Waals surface area contributed by atoms with Crippen molar-refractivity contribution in [3.8, 4) is 5.69 Å². The molecule has 0 radical (unpaired) electrons. The average molecular weight is 500 g/mol. The van der Waals surface area contributed by atoms with Crippen LogP contribution in [0.15, 0.2) is 36.9 Å². The fourth-order valence-corrected chi connectivity index (χ4v) is 5.39. The molecule has 0 fully saturated rings. The van der Waals surface area contributed by atoms with Crippen LogP contribution < -0.4 is 5.73 Å². The Morgan fingerprint density at radius 3 is 2.03 bits per heavy atom. The molecule has 0 saturated heterocycles. The van der Waals surface area contributed by atoms with E-state index in [4.69, 9.17) is 14.6 Å². The zero-order valence-electron chi connectivity index (χ0n) is 22.4. The summed E-state index contributed by atoms with van der Waals surface area (Å²) in [7, 11) is -3.93. The van der Waals surface area contributed by atoms with Crippen LogP contribution in [0.25, 0.3) is 16.9 Å². The van der Waals surface area contributed by atoms with Crippen LogP contribution in [0.2, 0.25) is 36.3 Å². The molecule has 3 rings (SSSR count). The third kappa shape index (κ3) is 5.43. The second kappa shape index (κ2) is 9.18. The summed E-state index contributed by atoms with van der Waals surface area (Å²) in [6.45, 7) is 23.3. The Morgan fingerprint density at radius 1 is 0.882 bits per heavy atom. The molecular formula is C25H41N5O2Si2. The molecular weight excluding hydrogens is 458 g/mol. The van der Waals surface area contributed by atoms with E-state index in [1.165, 1.54) is 6.33 Å². The Bertz CT molecular complexity index is 1130. The van der Waals surface area contributed by atoms with Crippen LogP contribution in [0.3, 0.4) is 0 Å². The Kier molecular flexibility index (Phi) is 7.16. The van der Waals surface area contributed by atoms with E-state index in [1.54, 1.807) is 6.33 Å². The molecule has 0 saturated carbocycles. The van der Waals surface area contributed by atoms with Crippen molar-refractivity contribution in [1.29, 1.82) is 0 Å². The van der Waals surface area contributed by atoms with Gasteiger partial charge in [-0.05, 0) is 54.0 Å². The summed E-state index contributed by atoms with van der Waals surface area (Å²) in [6.07, 6.45) is 3.07. The molecule has 1 atom stereocenters. The highest BCUT2D eigenvalue weighted by molar-refractivity contribution is 6.74. The number of aromatic nitrogens is 4. The maximum absolute atomic E-state index is 6.89. The lowest BCUT2D eigenvalue weighted by molar-refractivity contribution is 0.108. The number of nitrogen functional groups attached to an aromatic ring is 1. The van der Waals surface area contributed by atoms with Gasteiger partial charge in [0.15, 0.2) is 33.6 Å². The van der Waals surface area contributed by atoms with Crippen LogP contribution in [0.5, 0.6) is 0 Å². The minimum absolute atomic E-state index is 0.109. The maximum Gasteiger partial charge on any atom is 0.193 e.